The normalized spacial score (nSPS) is 12.6. The number of carbonyl (C=O) groups excluding carboxylic acids is 1. The smallest absolute Gasteiger partial charge is 0.416 e. The first-order valence-corrected chi connectivity index (χ1v) is 9.73. The van der Waals surface area contributed by atoms with E-state index in [9.17, 15) is 18.0 Å². The molecule has 0 bridgehead atoms. The molecule has 2 heterocycles. The van der Waals surface area contributed by atoms with Crippen molar-refractivity contribution in [1.82, 2.24) is 10.3 Å². The van der Waals surface area contributed by atoms with Crippen molar-refractivity contribution in [2.75, 3.05) is 12.1 Å². The van der Waals surface area contributed by atoms with E-state index in [2.05, 4.69) is 15.6 Å². The first kappa shape index (κ1) is 20.0. The van der Waals surface area contributed by atoms with Gasteiger partial charge in [-0.05, 0) is 35.4 Å². The summed E-state index contributed by atoms with van der Waals surface area (Å²) >= 11 is 1.16. The Morgan fingerprint density at radius 2 is 1.87 bits per heavy atom. The molecular weight excluding hydrogens is 419 g/mol. The molecule has 1 aliphatic rings. The molecule has 4 rings (SSSR count). The van der Waals surface area contributed by atoms with E-state index in [0.717, 1.165) is 29.0 Å². The van der Waals surface area contributed by atoms with E-state index in [1.165, 1.54) is 18.3 Å². The summed E-state index contributed by atoms with van der Waals surface area (Å²) in [6.07, 6.45) is -3.00. The molecule has 0 aliphatic carbocycles. The van der Waals surface area contributed by atoms with Gasteiger partial charge in [-0.15, -0.1) is 0 Å². The molecule has 1 aromatic heterocycles. The minimum absolute atomic E-state index is 0.0133. The summed E-state index contributed by atoms with van der Waals surface area (Å²) in [6.45, 7) is 0.674. The molecule has 1 amide bonds. The molecule has 0 fully saturated rings. The van der Waals surface area contributed by atoms with Crippen molar-refractivity contribution in [3.05, 3.63) is 70.2 Å². The van der Waals surface area contributed by atoms with Gasteiger partial charge in [0.1, 0.15) is 4.88 Å². The zero-order valence-corrected chi connectivity index (χ0v) is 16.3. The van der Waals surface area contributed by atoms with Gasteiger partial charge in [0.2, 0.25) is 6.79 Å². The van der Waals surface area contributed by atoms with Crippen LogP contribution in [0.1, 0.15) is 26.4 Å². The minimum Gasteiger partial charge on any atom is -0.454 e. The van der Waals surface area contributed by atoms with Crippen LogP contribution in [0.2, 0.25) is 0 Å². The zero-order valence-electron chi connectivity index (χ0n) is 15.5. The Morgan fingerprint density at radius 1 is 1.07 bits per heavy atom. The molecule has 0 unspecified atom stereocenters. The number of benzene rings is 2. The highest BCUT2D eigenvalue weighted by atomic mass is 32.1. The van der Waals surface area contributed by atoms with Crippen molar-refractivity contribution < 1.29 is 27.4 Å². The van der Waals surface area contributed by atoms with Crippen molar-refractivity contribution in [2.24, 2.45) is 0 Å². The predicted molar refractivity (Wildman–Crippen MR) is 105 cm³/mol. The number of ether oxygens (including phenoxy) is 2. The standard InChI is InChI=1S/C20H16F3N3O3S/c21-20(22,23)14-3-1-2-12(6-14)8-24-18(27)17-10-26-19(30-17)25-9-13-4-5-15-16(7-13)29-11-28-15/h1-7,10H,8-9,11H2,(H,24,27)(H,25,26). The second-order valence-corrected chi connectivity index (χ2v) is 7.48. The zero-order chi connectivity index (χ0) is 21.1. The molecule has 156 valence electrons. The topological polar surface area (TPSA) is 72.5 Å². The van der Waals surface area contributed by atoms with Crippen LogP contribution in [0.5, 0.6) is 11.5 Å². The van der Waals surface area contributed by atoms with Crippen molar-refractivity contribution in [3.8, 4) is 11.5 Å². The van der Waals surface area contributed by atoms with Gasteiger partial charge < -0.3 is 20.1 Å². The number of thiazole rings is 1. The number of rotatable bonds is 6. The molecule has 0 radical (unpaired) electrons. The van der Waals surface area contributed by atoms with Gasteiger partial charge in [-0.25, -0.2) is 4.98 Å². The lowest BCUT2D eigenvalue weighted by atomic mass is 10.1. The summed E-state index contributed by atoms with van der Waals surface area (Å²) in [6, 6.07) is 10.4. The summed E-state index contributed by atoms with van der Waals surface area (Å²) in [5.74, 6) is 0.983. The van der Waals surface area contributed by atoms with E-state index < -0.39 is 17.6 Å². The van der Waals surface area contributed by atoms with Gasteiger partial charge in [-0.1, -0.05) is 29.5 Å². The van der Waals surface area contributed by atoms with E-state index >= 15 is 0 Å². The van der Waals surface area contributed by atoms with Gasteiger partial charge in [0, 0.05) is 13.1 Å². The quantitative estimate of drug-likeness (QED) is 0.599. The molecule has 0 spiro atoms. The van der Waals surface area contributed by atoms with Crippen molar-refractivity contribution in [3.63, 3.8) is 0 Å². The predicted octanol–water partition coefficient (Wildman–Crippen LogP) is 4.43. The van der Waals surface area contributed by atoms with Gasteiger partial charge >= 0.3 is 6.18 Å². The Labute approximate surface area is 173 Å². The minimum atomic E-state index is -4.42. The number of amides is 1. The molecule has 30 heavy (non-hydrogen) atoms. The van der Waals surface area contributed by atoms with Crippen molar-refractivity contribution >= 4 is 22.4 Å². The van der Waals surface area contributed by atoms with Gasteiger partial charge in [-0.3, -0.25) is 4.79 Å². The average Bonchev–Trinajstić information content (AvgIpc) is 3.39. The van der Waals surface area contributed by atoms with Crippen LogP contribution in [0.25, 0.3) is 0 Å². The fraction of sp³-hybridized carbons (Fsp3) is 0.200. The van der Waals surface area contributed by atoms with Crippen LogP contribution >= 0.6 is 11.3 Å². The number of nitrogens with one attached hydrogen (secondary N) is 2. The molecule has 1 aliphatic heterocycles. The monoisotopic (exact) mass is 435 g/mol. The summed E-state index contributed by atoms with van der Waals surface area (Å²) < 4.78 is 49.0. The lowest BCUT2D eigenvalue weighted by molar-refractivity contribution is -0.137. The largest absolute Gasteiger partial charge is 0.454 e. The van der Waals surface area contributed by atoms with Crippen LogP contribution in [-0.2, 0) is 19.3 Å². The maximum absolute atomic E-state index is 12.8. The van der Waals surface area contributed by atoms with Crippen LogP contribution in [0.3, 0.4) is 0 Å². The second-order valence-electron chi connectivity index (χ2n) is 6.45. The maximum atomic E-state index is 12.8. The molecule has 10 heteroatoms. The molecule has 2 N–H and O–H groups in total. The number of alkyl halides is 3. The Bertz CT molecular complexity index is 1070. The van der Waals surface area contributed by atoms with Gasteiger partial charge in [-0.2, -0.15) is 13.2 Å². The van der Waals surface area contributed by atoms with Crippen LogP contribution in [-0.4, -0.2) is 17.7 Å². The third-order valence-electron chi connectivity index (χ3n) is 4.32. The number of carbonyl (C=O) groups is 1. The highest BCUT2D eigenvalue weighted by Crippen LogP contribution is 2.33. The number of anilines is 1. The Kier molecular flexibility index (Phi) is 5.49. The lowest BCUT2D eigenvalue weighted by Crippen LogP contribution is -2.22. The van der Waals surface area contributed by atoms with E-state index in [1.807, 2.05) is 18.2 Å². The Morgan fingerprint density at radius 3 is 2.70 bits per heavy atom. The molecular formula is C20H16F3N3O3S. The third-order valence-corrected chi connectivity index (χ3v) is 5.27. The summed E-state index contributed by atoms with van der Waals surface area (Å²) in [7, 11) is 0. The number of hydrogen-bond acceptors (Lipinski definition) is 6. The van der Waals surface area contributed by atoms with Gasteiger partial charge in [0.05, 0.1) is 11.8 Å². The number of aromatic nitrogens is 1. The lowest BCUT2D eigenvalue weighted by Gasteiger charge is -2.09. The van der Waals surface area contributed by atoms with Gasteiger partial charge in [0.25, 0.3) is 5.91 Å². The number of hydrogen-bond donors (Lipinski definition) is 2. The average molecular weight is 435 g/mol. The highest BCUT2D eigenvalue weighted by molar-refractivity contribution is 7.17. The number of nitrogens with zero attached hydrogens (tertiary/aromatic N) is 1. The van der Waals surface area contributed by atoms with Crippen molar-refractivity contribution in [1.29, 1.82) is 0 Å². The molecule has 3 aromatic rings. The van der Waals surface area contributed by atoms with E-state index in [-0.39, 0.29) is 13.3 Å². The van der Waals surface area contributed by atoms with Crippen LogP contribution in [0.15, 0.2) is 48.7 Å². The van der Waals surface area contributed by atoms with Crippen LogP contribution in [0.4, 0.5) is 18.3 Å². The maximum Gasteiger partial charge on any atom is 0.416 e. The third kappa shape index (κ3) is 4.65. The summed E-state index contributed by atoms with van der Waals surface area (Å²) in [5, 5.41) is 6.30. The first-order chi connectivity index (χ1) is 14.4. The van der Waals surface area contributed by atoms with E-state index in [0.29, 0.717) is 33.6 Å². The first-order valence-electron chi connectivity index (χ1n) is 8.91. The fourth-order valence-corrected chi connectivity index (χ4v) is 3.54. The Balaban J connectivity index is 1.32. The fourth-order valence-electron chi connectivity index (χ4n) is 2.82. The Hall–Kier alpha value is -3.27. The van der Waals surface area contributed by atoms with E-state index in [4.69, 9.17) is 9.47 Å². The van der Waals surface area contributed by atoms with Crippen molar-refractivity contribution in [2.45, 2.75) is 19.3 Å². The summed E-state index contributed by atoms with van der Waals surface area (Å²) in [4.78, 5) is 16.8. The summed E-state index contributed by atoms with van der Waals surface area (Å²) in [5.41, 5.74) is 0.580. The molecule has 0 saturated heterocycles. The van der Waals surface area contributed by atoms with Crippen LogP contribution in [0, 0.1) is 0 Å². The number of halogens is 3. The second kappa shape index (κ2) is 8.23. The molecule has 6 nitrogen and oxygen atoms in total. The molecule has 2 aromatic carbocycles. The van der Waals surface area contributed by atoms with Gasteiger partial charge in [0.15, 0.2) is 16.6 Å². The van der Waals surface area contributed by atoms with Crippen LogP contribution < -0.4 is 20.1 Å². The van der Waals surface area contributed by atoms with E-state index in [1.54, 1.807) is 0 Å². The molecule has 0 atom stereocenters. The highest BCUT2D eigenvalue weighted by Gasteiger charge is 2.30. The molecule has 0 saturated carbocycles. The SMILES string of the molecule is O=C(NCc1cccc(C(F)(F)F)c1)c1cnc(NCc2ccc3c(c2)OCO3)s1. The number of fused-ring (bicyclic) bond motifs is 1.